The SMILES string of the molecule is CCc1nc(CCNC(=O)N(C)Cc2nc(-c3cccnc3)no2)no1. The van der Waals surface area contributed by atoms with Gasteiger partial charge in [0.2, 0.25) is 17.6 Å². The summed E-state index contributed by atoms with van der Waals surface area (Å²) in [6, 6.07) is 3.36. The van der Waals surface area contributed by atoms with Gasteiger partial charge in [0, 0.05) is 44.4 Å². The van der Waals surface area contributed by atoms with Gasteiger partial charge < -0.3 is 19.3 Å². The van der Waals surface area contributed by atoms with E-state index in [0.29, 0.717) is 42.8 Å². The molecule has 26 heavy (non-hydrogen) atoms. The molecular weight excluding hydrogens is 338 g/mol. The van der Waals surface area contributed by atoms with Crippen LogP contribution in [0.25, 0.3) is 11.4 Å². The second-order valence-electron chi connectivity index (χ2n) is 5.55. The summed E-state index contributed by atoms with van der Waals surface area (Å²) in [5.74, 6) is 1.94. The molecule has 2 amide bonds. The third kappa shape index (κ3) is 4.41. The van der Waals surface area contributed by atoms with Crippen molar-refractivity contribution in [3.05, 3.63) is 42.1 Å². The van der Waals surface area contributed by atoms with E-state index in [9.17, 15) is 4.79 Å². The van der Waals surface area contributed by atoms with Crippen molar-refractivity contribution in [3.8, 4) is 11.4 Å². The van der Waals surface area contributed by atoms with Gasteiger partial charge in [-0.3, -0.25) is 4.98 Å². The molecule has 0 aliphatic rings. The average Bonchev–Trinajstić information content (AvgIpc) is 3.31. The molecule has 10 heteroatoms. The highest BCUT2D eigenvalue weighted by Gasteiger charge is 2.15. The number of nitrogens with one attached hydrogen (secondary N) is 1. The van der Waals surface area contributed by atoms with Crippen LogP contribution in [0.3, 0.4) is 0 Å². The molecule has 3 aromatic rings. The summed E-state index contributed by atoms with van der Waals surface area (Å²) >= 11 is 0. The van der Waals surface area contributed by atoms with Crippen LogP contribution in [0, 0.1) is 0 Å². The van der Waals surface area contributed by atoms with E-state index in [1.54, 1.807) is 25.5 Å². The molecule has 0 saturated heterocycles. The van der Waals surface area contributed by atoms with Crippen LogP contribution in [0.4, 0.5) is 4.79 Å². The monoisotopic (exact) mass is 357 g/mol. The highest BCUT2D eigenvalue weighted by Crippen LogP contribution is 2.14. The number of hydrogen-bond donors (Lipinski definition) is 1. The van der Waals surface area contributed by atoms with E-state index in [1.165, 1.54) is 4.90 Å². The molecule has 0 aliphatic carbocycles. The second-order valence-corrected chi connectivity index (χ2v) is 5.55. The summed E-state index contributed by atoms with van der Waals surface area (Å²) in [7, 11) is 1.65. The summed E-state index contributed by atoms with van der Waals surface area (Å²) in [4.78, 5) is 26.1. The number of hydrogen-bond acceptors (Lipinski definition) is 8. The number of nitrogens with zero attached hydrogens (tertiary/aromatic N) is 6. The summed E-state index contributed by atoms with van der Waals surface area (Å²) < 4.78 is 10.2. The quantitative estimate of drug-likeness (QED) is 0.674. The Hall–Kier alpha value is -3.30. The predicted octanol–water partition coefficient (Wildman–Crippen LogP) is 1.46. The maximum atomic E-state index is 12.1. The zero-order chi connectivity index (χ0) is 18.4. The van der Waals surface area contributed by atoms with Crippen LogP contribution in [-0.4, -0.2) is 49.8 Å². The molecule has 1 N–H and O–H groups in total. The smallest absolute Gasteiger partial charge is 0.317 e. The normalized spacial score (nSPS) is 10.7. The van der Waals surface area contributed by atoms with E-state index in [4.69, 9.17) is 9.05 Å². The van der Waals surface area contributed by atoms with Crippen molar-refractivity contribution < 1.29 is 13.8 Å². The van der Waals surface area contributed by atoms with Gasteiger partial charge in [0.1, 0.15) is 6.54 Å². The molecule has 0 aromatic carbocycles. The first-order chi connectivity index (χ1) is 12.7. The van der Waals surface area contributed by atoms with Crippen molar-refractivity contribution in [2.45, 2.75) is 26.3 Å². The van der Waals surface area contributed by atoms with Gasteiger partial charge in [-0.2, -0.15) is 9.97 Å². The maximum Gasteiger partial charge on any atom is 0.317 e. The molecule has 0 radical (unpaired) electrons. The first-order valence-corrected chi connectivity index (χ1v) is 8.19. The van der Waals surface area contributed by atoms with Crippen LogP contribution >= 0.6 is 0 Å². The average molecular weight is 357 g/mol. The molecule has 10 nitrogen and oxygen atoms in total. The molecule has 0 atom stereocenters. The fraction of sp³-hybridized carbons (Fsp3) is 0.375. The molecular formula is C16H19N7O3. The van der Waals surface area contributed by atoms with Gasteiger partial charge in [-0.25, -0.2) is 4.79 Å². The van der Waals surface area contributed by atoms with Crippen molar-refractivity contribution in [1.82, 2.24) is 35.5 Å². The number of aryl methyl sites for hydroxylation is 1. The minimum Gasteiger partial charge on any atom is -0.339 e. The number of amides is 2. The standard InChI is InChI=1S/C16H19N7O3/c1-3-13-19-12(21-25-13)6-8-18-16(24)23(2)10-14-20-15(22-26-14)11-5-4-7-17-9-11/h4-5,7,9H,3,6,8,10H2,1-2H3,(H,18,24). The van der Waals surface area contributed by atoms with Gasteiger partial charge in [0.25, 0.3) is 0 Å². The topological polar surface area (TPSA) is 123 Å². The lowest BCUT2D eigenvalue weighted by Gasteiger charge is -2.15. The van der Waals surface area contributed by atoms with E-state index in [0.717, 1.165) is 5.56 Å². The number of carbonyl (C=O) groups excluding carboxylic acids is 1. The fourth-order valence-electron chi connectivity index (χ4n) is 2.16. The number of aromatic nitrogens is 5. The Balaban J connectivity index is 1.47. The van der Waals surface area contributed by atoms with Gasteiger partial charge in [-0.15, -0.1) is 0 Å². The lowest BCUT2D eigenvalue weighted by molar-refractivity contribution is 0.199. The zero-order valence-electron chi connectivity index (χ0n) is 14.5. The van der Waals surface area contributed by atoms with Gasteiger partial charge in [-0.1, -0.05) is 17.2 Å². The van der Waals surface area contributed by atoms with E-state index >= 15 is 0 Å². The Kier molecular flexibility index (Phi) is 5.52. The van der Waals surface area contributed by atoms with Crippen LogP contribution in [-0.2, 0) is 19.4 Å². The third-order valence-corrected chi connectivity index (χ3v) is 3.54. The Morgan fingerprint density at radius 3 is 2.81 bits per heavy atom. The van der Waals surface area contributed by atoms with Gasteiger partial charge >= 0.3 is 6.03 Å². The summed E-state index contributed by atoms with van der Waals surface area (Å²) in [5.41, 5.74) is 0.751. The molecule has 0 fully saturated rings. The highest BCUT2D eigenvalue weighted by atomic mass is 16.5. The lowest BCUT2D eigenvalue weighted by atomic mass is 10.3. The minimum absolute atomic E-state index is 0.196. The van der Waals surface area contributed by atoms with Gasteiger partial charge in [0.05, 0.1) is 0 Å². The van der Waals surface area contributed by atoms with Gasteiger partial charge in [0.15, 0.2) is 5.82 Å². The molecule has 3 rings (SSSR count). The molecule has 0 aliphatic heterocycles. The van der Waals surface area contributed by atoms with Crippen molar-refractivity contribution in [1.29, 1.82) is 0 Å². The molecule has 0 saturated carbocycles. The Morgan fingerprint density at radius 2 is 2.08 bits per heavy atom. The number of urea groups is 1. The third-order valence-electron chi connectivity index (χ3n) is 3.54. The summed E-state index contributed by atoms with van der Waals surface area (Å²) in [6.07, 6.45) is 4.50. The number of rotatable bonds is 7. The van der Waals surface area contributed by atoms with E-state index in [1.807, 2.05) is 13.0 Å². The number of pyridine rings is 1. The zero-order valence-corrected chi connectivity index (χ0v) is 14.5. The minimum atomic E-state index is -0.259. The predicted molar refractivity (Wildman–Crippen MR) is 89.8 cm³/mol. The van der Waals surface area contributed by atoms with E-state index < -0.39 is 0 Å². The first-order valence-electron chi connectivity index (χ1n) is 8.19. The molecule has 136 valence electrons. The molecule has 3 heterocycles. The van der Waals surface area contributed by atoms with E-state index in [2.05, 4.69) is 30.6 Å². The first kappa shape index (κ1) is 17.5. The van der Waals surface area contributed by atoms with Crippen LogP contribution in [0.15, 0.2) is 33.6 Å². The van der Waals surface area contributed by atoms with Crippen molar-refractivity contribution in [3.63, 3.8) is 0 Å². The van der Waals surface area contributed by atoms with Crippen molar-refractivity contribution in [2.75, 3.05) is 13.6 Å². The molecule has 0 spiro atoms. The van der Waals surface area contributed by atoms with Gasteiger partial charge in [-0.05, 0) is 12.1 Å². The summed E-state index contributed by atoms with van der Waals surface area (Å²) in [5, 5.41) is 10.5. The number of carbonyl (C=O) groups is 1. The second kappa shape index (κ2) is 8.19. The van der Waals surface area contributed by atoms with Crippen molar-refractivity contribution >= 4 is 6.03 Å². The van der Waals surface area contributed by atoms with Crippen LogP contribution in [0.5, 0.6) is 0 Å². The Morgan fingerprint density at radius 1 is 1.23 bits per heavy atom. The van der Waals surface area contributed by atoms with Crippen LogP contribution < -0.4 is 5.32 Å². The molecule has 3 aromatic heterocycles. The Labute approximate surface area is 149 Å². The lowest BCUT2D eigenvalue weighted by Crippen LogP contribution is -2.37. The van der Waals surface area contributed by atoms with Crippen molar-refractivity contribution in [2.24, 2.45) is 0 Å². The van der Waals surface area contributed by atoms with Crippen LogP contribution in [0.2, 0.25) is 0 Å². The highest BCUT2D eigenvalue weighted by molar-refractivity contribution is 5.73. The summed E-state index contributed by atoms with van der Waals surface area (Å²) in [6.45, 7) is 2.53. The Bertz CT molecular complexity index is 846. The molecule has 0 unspecified atom stereocenters. The fourth-order valence-corrected chi connectivity index (χ4v) is 2.16. The van der Waals surface area contributed by atoms with Crippen LogP contribution in [0.1, 0.15) is 24.5 Å². The largest absolute Gasteiger partial charge is 0.339 e. The van der Waals surface area contributed by atoms with E-state index in [-0.39, 0.29) is 12.6 Å². The maximum absolute atomic E-state index is 12.1. The molecule has 0 bridgehead atoms.